The van der Waals surface area contributed by atoms with Crippen molar-refractivity contribution >= 4 is 12.0 Å². The molecule has 3 aliphatic rings. The summed E-state index contributed by atoms with van der Waals surface area (Å²) < 4.78 is 10.6. The van der Waals surface area contributed by atoms with Crippen LogP contribution in [-0.2, 0) is 14.3 Å². The molecule has 3 fully saturated rings. The lowest BCUT2D eigenvalue weighted by Gasteiger charge is -2.33. The maximum Gasteiger partial charge on any atom is 0.335 e. The van der Waals surface area contributed by atoms with E-state index in [4.69, 9.17) is 9.47 Å². The highest BCUT2D eigenvalue weighted by atomic mass is 16.6. The predicted octanol–water partition coefficient (Wildman–Crippen LogP) is 5.33. The molecular weight excluding hydrogens is 340 g/mol. The van der Waals surface area contributed by atoms with E-state index in [1.165, 1.54) is 38.5 Å². The first-order valence-electron chi connectivity index (χ1n) is 10.9. The monoisotopic (exact) mass is 378 g/mol. The standard InChI is InChI=1S/C18H30N2O2.C4H8O/c1-17(2,3)22-16(21)18(12-8-5-9-13-18)20-14-19-15-10-6-4-7-11-15;1-2-4-5-3-1/h15H,4-13H2,1-3H3;1-4H2. The van der Waals surface area contributed by atoms with Crippen LogP contribution >= 0.6 is 0 Å². The van der Waals surface area contributed by atoms with Crippen molar-refractivity contribution in [2.24, 2.45) is 9.98 Å². The van der Waals surface area contributed by atoms with Gasteiger partial charge in [-0.25, -0.2) is 14.8 Å². The van der Waals surface area contributed by atoms with Gasteiger partial charge in [-0.3, -0.25) is 0 Å². The van der Waals surface area contributed by atoms with Gasteiger partial charge in [0.2, 0.25) is 0 Å². The lowest BCUT2D eigenvalue weighted by atomic mass is 9.82. The highest BCUT2D eigenvalue weighted by Gasteiger charge is 2.42. The van der Waals surface area contributed by atoms with Crippen molar-refractivity contribution in [2.75, 3.05) is 13.2 Å². The molecule has 0 aromatic heterocycles. The second kappa shape index (κ2) is 11.0. The van der Waals surface area contributed by atoms with E-state index >= 15 is 0 Å². The molecule has 27 heavy (non-hydrogen) atoms. The molecular formula is C22H38N2O3. The fraction of sp³-hybridized carbons (Fsp3) is 0.909. The van der Waals surface area contributed by atoms with Crippen LogP contribution in [-0.4, -0.2) is 42.4 Å². The quantitative estimate of drug-likeness (QED) is 0.492. The van der Waals surface area contributed by atoms with E-state index in [0.717, 1.165) is 51.7 Å². The van der Waals surface area contributed by atoms with Crippen LogP contribution in [0.3, 0.4) is 0 Å². The van der Waals surface area contributed by atoms with Gasteiger partial charge in [0.25, 0.3) is 0 Å². The zero-order valence-electron chi connectivity index (χ0n) is 17.6. The zero-order chi connectivity index (χ0) is 19.6. The summed E-state index contributed by atoms with van der Waals surface area (Å²) in [6, 6.07) is 3.23. The van der Waals surface area contributed by atoms with Crippen molar-refractivity contribution in [1.29, 1.82) is 0 Å². The van der Waals surface area contributed by atoms with Crippen LogP contribution in [0.15, 0.2) is 9.98 Å². The normalized spacial score (nSPS) is 22.8. The van der Waals surface area contributed by atoms with Crippen LogP contribution in [0.2, 0.25) is 0 Å². The number of carbonyl (C=O) groups is 1. The Kier molecular flexibility index (Phi) is 8.98. The molecule has 1 saturated heterocycles. The van der Waals surface area contributed by atoms with Crippen LogP contribution in [0, 0.1) is 0 Å². The highest BCUT2D eigenvalue weighted by Crippen LogP contribution is 2.34. The average molecular weight is 379 g/mol. The minimum atomic E-state index is -0.746. The molecule has 5 heteroatoms. The Bertz CT molecular complexity index is 495. The van der Waals surface area contributed by atoms with E-state index in [9.17, 15) is 4.79 Å². The number of nitrogens with zero attached hydrogens (tertiary/aromatic N) is 2. The third kappa shape index (κ3) is 8.15. The number of rotatable bonds is 3. The molecule has 0 aromatic carbocycles. The van der Waals surface area contributed by atoms with Gasteiger partial charge in [0, 0.05) is 13.2 Å². The lowest BCUT2D eigenvalue weighted by Crippen LogP contribution is -2.43. The molecule has 2 saturated carbocycles. The third-order valence-corrected chi connectivity index (χ3v) is 5.37. The summed E-state index contributed by atoms with van der Waals surface area (Å²) in [5.41, 5.74) is -1.22. The summed E-state index contributed by atoms with van der Waals surface area (Å²) in [6.07, 6.45) is 13.3. The van der Waals surface area contributed by atoms with E-state index in [2.05, 4.69) is 16.0 Å². The molecule has 1 aliphatic heterocycles. The summed E-state index contributed by atoms with van der Waals surface area (Å²) >= 11 is 0. The molecule has 0 aromatic rings. The number of aliphatic imine (C=N–C) groups is 2. The minimum absolute atomic E-state index is 0.203. The molecule has 154 valence electrons. The van der Waals surface area contributed by atoms with E-state index in [-0.39, 0.29) is 5.97 Å². The molecule has 0 radical (unpaired) electrons. The number of hydrogen-bond donors (Lipinski definition) is 0. The van der Waals surface area contributed by atoms with Gasteiger partial charge in [-0.15, -0.1) is 0 Å². The van der Waals surface area contributed by atoms with E-state index in [1.54, 1.807) is 0 Å². The molecule has 0 amide bonds. The van der Waals surface area contributed by atoms with Gasteiger partial charge in [0.1, 0.15) is 5.60 Å². The van der Waals surface area contributed by atoms with E-state index in [0.29, 0.717) is 6.04 Å². The summed E-state index contributed by atoms with van der Waals surface area (Å²) in [5, 5.41) is 0. The van der Waals surface area contributed by atoms with E-state index in [1.807, 2.05) is 20.8 Å². The Morgan fingerprint density at radius 2 is 1.56 bits per heavy atom. The fourth-order valence-corrected chi connectivity index (χ4v) is 3.80. The van der Waals surface area contributed by atoms with Gasteiger partial charge in [0.05, 0.1) is 12.1 Å². The van der Waals surface area contributed by atoms with Gasteiger partial charge >= 0.3 is 5.97 Å². The molecule has 0 N–H and O–H groups in total. The summed E-state index contributed by atoms with van der Waals surface area (Å²) in [7, 11) is 0. The first-order valence-corrected chi connectivity index (χ1v) is 10.9. The second-order valence-corrected chi connectivity index (χ2v) is 9.05. The van der Waals surface area contributed by atoms with Crippen molar-refractivity contribution in [2.45, 2.75) is 115 Å². The van der Waals surface area contributed by atoms with Crippen molar-refractivity contribution in [3.63, 3.8) is 0 Å². The van der Waals surface area contributed by atoms with Gasteiger partial charge in [0.15, 0.2) is 5.54 Å². The van der Waals surface area contributed by atoms with Crippen LogP contribution in [0.4, 0.5) is 0 Å². The van der Waals surface area contributed by atoms with Crippen LogP contribution < -0.4 is 0 Å². The fourth-order valence-electron chi connectivity index (χ4n) is 3.80. The van der Waals surface area contributed by atoms with Crippen molar-refractivity contribution in [1.82, 2.24) is 0 Å². The molecule has 0 spiro atoms. The van der Waals surface area contributed by atoms with Crippen LogP contribution in [0.25, 0.3) is 0 Å². The molecule has 1 heterocycles. The maximum absolute atomic E-state index is 12.6. The lowest BCUT2D eigenvalue weighted by molar-refractivity contribution is -0.162. The molecule has 0 unspecified atom stereocenters. The SMILES string of the molecule is C1CCOC1.CC(C)(C)OC(=O)C1(N=C=NC2CCCCC2)CCCCC1. The highest BCUT2D eigenvalue weighted by molar-refractivity contribution is 5.82. The summed E-state index contributed by atoms with van der Waals surface area (Å²) in [6.45, 7) is 7.71. The zero-order valence-corrected chi connectivity index (χ0v) is 17.6. The van der Waals surface area contributed by atoms with Crippen molar-refractivity contribution in [3.8, 4) is 0 Å². The van der Waals surface area contributed by atoms with Crippen LogP contribution in [0.1, 0.15) is 97.8 Å². The van der Waals surface area contributed by atoms with Gasteiger partial charge in [-0.1, -0.05) is 38.5 Å². The molecule has 2 aliphatic carbocycles. The Balaban J connectivity index is 0.000000451. The summed E-state index contributed by atoms with van der Waals surface area (Å²) in [5.74, 6) is -0.203. The largest absolute Gasteiger partial charge is 0.458 e. The second-order valence-electron chi connectivity index (χ2n) is 9.05. The topological polar surface area (TPSA) is 60.2 Å². The maximum atomic E-state index is 12.6. The number of carbonyl (C=O) groups excluding carboxylic acids is 1. The summed E-state index contributed by atoms with van der Waals surface area (Å²) in [4.78, 5) is 21.6. The van der Waals surface area contributed by atoms with Gasteiger partial charge in [-0.05, 0) is 59.3 Å². The Morgan fingerprint density at radius 3 is 2.07 bits per heavy atom. The van der Waals surface area contributed by atoms with Crippen LogP contribution in [0.5, 0.6) is 0 Å². The van der Waals surface area contributed by atoms with Crippen molar-refractivity contribution in [3.05, 3.63) is 0 Å². The number of ether oxygens (including phenoxy) is 2. The van der Waals surface area contributed by atoms with Gasteiger partial charge < -0.3 is 9.47 Å². The third-order valence-electron chi connectivity index (χ3n) is 5.37. The number of esters is 1. The Labute approximate surface area is 165 Å². The predicted molar refractivity (Wildman–Crippen MR) is 108 cm³/mol. The molecule has 3 rings (SSSR count). The first kappa shape index (κ1) is 22.1. The van der Waals surface area contributed by atoms with Crippen molar-refractivity contribution < 1.29 is 14.3 Å². The van der Waals surface area contributed by atoms with Gasteiger partial charge in [-0.2, -0.15) is 0 Å². The average Bonchev–Trinajstić information content (AvgIpc) is 3.22. The molecule has 5 nitrogen and oxygen atoms in total. The van der Waals surface area contributed by atoms with E-state index < -0.39 is 11.1 Å². The first-order chi connectivity index (χ1) is 12.9. The molecule has 0 bridgehead atoms. The number of hydrogen-bond acceptors (Lipinski definition) is 5. The minimum Gasteiger partial charge on any atom is -0.458 e. The molecule has 0 atom stereocenters. The Morgan fingerprint density at radius 1 is 0.963 bits per heavy atom. The Hall–Kier alpha value is -1.19. The smallest absolute Gasteiger partial charge is 0.335 e.